The molecule has 0 aliphatic heterocycles. The van der Waals surface area contributed by atoms with Crippen LogP contribution in [0.3, 0.4) is 0 Å². The lowest BCUT2D eigenvalue weighted by Crippen LogP contribution is -2.24. The van der Waals surface area contributed by atoms with Gasteiger partial charge in [0.25, 0.3) is 0 Å². The molecule has 1 aliphatic rings. The third-order valence-electron chi connectivity index (χ3n) is 5.33. The van der Waals surface area contributed by atoms with Crippen LogP contribution >= 0.6 is 0 Å². The zero-order valence-electron chi connectivity index (χ0n) is 16.4. The Morgan fingerprint density at radius 1 is 1.19 bits per heavy atom. The van der Waals surface area contributed by atoms with E-state index in [2.05, 4.69) is 43.5 Å². The third-order valence-corrected chi connectivity index (χ3v) is 5.33. The van der Waals surface area contributed by atoms with Gasteiger partial charge in [-0.3, -0.25) is 0 Å². The number of fused-ring (bicyclic) bond motifs is 1. The molecule has 1 unspecified atom stereocenters. The molecule has 4 rings (SSSR count). The molecule has 27 heavy (non-hydrogen) atoms. The molecular formula is C23H28N2O2. The van der Waals surface area contributed by atoms with Crippen LogP contribution in [0.1, 0.15) is 55.5 Å². The minimum absolute atomic E-state index is 0.275. The number of ether oxygens (including phenoxy) is 1. The highest BCUT2D eigenvalue weighted by molar-refractivity contribution is 5.76. The molecule has 1 atom stereocenters. The summed E-state index contributed by atoms with van der Waals surface area (Å²) in [5.41, 5.74) is 4.67. The largest absolute Gasteiger partial charge is 0.491 e. The Labute approximate surface area is 160 Å². The number of para-hydroxylation sites is 2. The highest BCUT2D eigenvalue weighted by Gasteiger charge is 2.30. The number of aliphatic hydroxyl groups is 1. The average Bonchev–Trinajstić information content (AvgIpc) is 3.43. The summed E-state index contributed by atoms with van der Waals surface area (Å²) in [4.78, 5) is 4.79. The standard InChI is InChI=1S/C23H28N2O2/c1-15(2)20-11-10-19(12-16(20)3)27-14-18(26)13-25-22-7-5-4-6-21(22)24-23(25)17-8-9-17/h4-7,10-12,15,17-18,26H,8-9,13-14H2,1-3H3. The van der Waals surface area contributed by atoms with Gasteiger partial charge < -0.3 is 14.4 Å². The second-order valence-electron chi connectivity index (χ2n) is 7.98. The van der Waals surface area contributed by atoms with E-state index in [1.807, 2.05) is 24.3 Å². The van der Waals surface area contributed by atoms with E-state index < -0.39 is 6.10 Å². The van der Waals surface area contributed by atoms with E-state index >= 15 is 0 Å². The van der Waals surface area contributed by atoms with Crippen LogP contribution in [0.2, 0.25) is 0 Å². The normalized spacial score (nSPS) is 15.4. The van der Waals surface area contributed by atoms with Crippen molar-refractivity contribution in [2.24, 2.45) is 0 Å². The van der Waals surface area contributed by atoms with Crippen LogP contribution in [0.4, 0.5) is 0 Å². The second-order valence-corrected chi connectivity index (χ2v) is 7.98. The molecule has 1 fully saturated rings. The van der Waals surface area contributed by atoms with Crippen molar-refractivity contribution in [2.45, 2.75) is 58.1 Å². The van der Waals surface area contributed by atoms with E-state index in [0.717, 1.165) is 22.6 Å². The molecule has 0 spiro atoms. The lowest BCUT2D eigenvalue weighted by Gasteiger charge is -2.17. The molecule has 0 saturated heterocycles. The molecule has 1 saturated carbocycles. The van der Waals surface area contributed by atoms with Gasteiger partial charge in [0, 0.05) is 5.92 Å². The molecule has 4 nitrogen and oxygen atoms in total. The minimum Gasteiger partial charge on any atom is -0.491 e. The van der Waals surface area contributed by atoms with Crippen molar-refractivity contribution in [1.29, 1.82) is 0 Å². The Morgan fingerprint density at radius 2 is 1.96 bits per heavy atom. The first-order valence-electron chi connectivity index (χ1n) is 9.89. The van der Waals surface area contributed by atoms with E-state index in [-0.39, 0.29) is 6.61 Å². The number of aromatic nitrogens is 2. The van der Waals surface area contributed by atoms with Crippen LogP contribution in [-0.4, -0.2) is 27.4 Å². The summed E-state index contributed by atoms with van der Waals surface area (Å²) in [6.45, 7) is 7.28. The molecule has 3 aromatic rings. The Bertz CT molecular complexity index is 941. The molecule has 4 heteroatoms. The average molecular weight is 364 g/mol. The number of hydrogen-bond acceptors (Lipinski definition) is 3. The van der Waals surface area contributed by atoms with Gasteiger partial charge in [0.15, 0.2) is 0 Å². The van der Waals surface area contributed by atoms with Crippen molar-refractivity contribution in [3.63, 3.8) is 0 Å². The summed E-state index contributed by atoms with van der Waals surface area (Å²) in [6, 6.07) is 14.3. The van der Waals surface area contributed by atoms with Crippen molar-refractivity contribution < 1.29 is 9.84 Å². The molecule has 142 valence electrons. The summed E-state index contributed by atoms with van der Waals surface area (Å²) >= 11 is 0. The fourth-order valence-electron chi connectivity index (χ4n) is 3.78. The predicted octanol–water partition coefficient (Wildman–Crippen LogP) is 4.79. The first-order chi connectivity index (χ1) is 13.0. The highest BCUT2D eigenvalue weighted by atomic mass is 16.5. The van der Waals surface area contributed by atoms with Gasteiger partial charge in [-0.2, -0.15) is 0 Å². The van der Waals surface area contributed by atoms with Crippen molar-refractivity contribution in [1.82, 2.24) is 9.55 Å². The molecule has 0 bridgehead atoms. The molecule has 1 N–H and O–H groups in total. The third kappa shape index (κ3) is 3.86. The van der Waals surface area contributed by atoms with E-state index in [9.17, 15) is 5.11 Å². The predicted molar refractivity (Wildman–Crippen MR) is 108 cm³/mol. The molecule has 2 aromatic carbocycles. The Hall–Kier alpha value is -2.33. The number of imidazole rings is 1. The maximum atomic E-state index is 10.6. The van der Waals surface area contributed by atoms with Gasteiger partial charge in [-0.15, -0.1) is 0 Å². The van der Waals surface area contributed by atoms with Crippen molar-refractivity contribution in [3.05, 3.63) is 59.4 Å². The highest BCUT2D eigenvalue weighted by Crippen LogP contribution is 2.40. The molecular weight excluding hydrogens is 336 g/mol. The molecule has 0 radical (unpaired) electrons. The van der Waals surface area contributed by atoms with Crippen LogP contribution < -0.4 is 4.74 Å². The monoisotopic (exact) mass is 364 g/mol. The van der Waals surface area contributed by atoms with Crippen LogP contribution in [0.25, 0.3) is 11.0 Å². The van der Waals surface area contributed by atoms with Crippen molar-refractivity contribution >= 4 is 11.0 Å². The Kier molecular flexibility index (Phi) is 4.92. The van der Waals surface area contributed by atoms with Crippen LogP contribution in [0, 0.1) is 6.92 Å². The molecule has 1 aliphatic carbocycles. The van der Waals surface area contributed by atoms with Crippen LogP contribution in [0.15, 0.2) is 42.5 Å². The van der Waals surface area contributed by atoms with Gasteiger partial charge in [0.1, 0.15) is 24.3 Å². The van der Waals surface area contributed by atoms with Gasteiger partial charge >= 0.3 is 0 Å². The SMILES string of the molecule is Cc1cc(OCC(O)Cn2c(C3CC3)nc3ccccc32)ccc1C(C)C. The number of aliphatic hydroxyl groups excluding tert-OH is 1. The zero-order chi connectivity index (χ0) is 19.0. The summed E-state index contributed by atoms with van der Waals surface area (Å²) in [7, 11) is 0. The van der Waals surface area contributed by atoms with E-state index in [1.54, 1.807) is 0 Å². The van der Waals surface area contributed by atoms with E-state index in [1.165, 1.54) is 24.0 Å². The minimum atomic E-state index is -0.579. The fourth-order valence-corrected chi connectivity index (χ4v) is 3.78. The molecule has 0 amide bonds. The lowest BCUT2D eigenvalue weighted by molar-refractivity contribution is 0.0927. The summed E-state index contributed by atoms with van der Waals surface area (Å²) in [5.74, 6) is 2.96. The summed E-state index contributed by atoms with van der Waals surface area (Å²) in [6.07, 6.45) is 1.81. The fraction of sp³-hybridized carbons (Fsp3) is 0.435. The first-order valence-corrected chi connectivity index (χ1v) is 9.89. The van der Waals surface area contributed by atoms with E-state index in [4.69, 9.17) is 9.72 Å². The van der Waals surface area contributed by atoms with Gasteiger partial charge in [-0.25, -0.2) is 4.98 Å². The van der Waals surface area contributed by atoms with Crippen LogP contribution in [0.5, 0.6) is 5.75 Å². The van der Waals surface area contributed by atoms with E-state index in [0.29, 0.717) is 18.4 Å². The molecule has 1 heterocycles. The lowest BCUT2D eigenvalue weighted by atomic mass is 9.98. The first kappa shape index (κ1) is 18.1. The number of nitrogens with zero attached hydrogens (tertiary/aromatic N) is 2. The maximum absolute atomic E-state index is 10.6. The number of hydrogen-bond donors (Lipinski definition) is 1. The number of aryl methyl sites for hydroxylation is 1. The zero-order valence-corrected chi connectivity index (χ0v) is 16.4. The smallest absolute Gasteiger partial charge is 0.119 e. The van der Waals surface area contributed by atoms with Gasteiger partial charge in [-0.1, -0.05) is 32.0 Å². The Morgan fingerprint density at radius 3 is 2.67 bits per heavy atom. The van der Waals surface area contributed by atoms with Gasteiger partial charge in [0.2, 0.25) is 0 Å². The maximum Gasteiger partial charge on any atom is 0.119 e. The summed E-state index contributed by atoms with van der Waals surface area (Å²) in [5, 5.41) is 10.6. The van der Waals surface area contributed by atoms with Crippen molar-refractivity contribution in [3.8, 4) is 5.75 Å². The Balaban J connectivity index is 1.46. The topological polar surface area (TPSA) is 47.3 Å². The van der Waals surface area contributed by atoms with Crippen LogP contribution in [-0.2, 0) is 6.54 Å². The van der Waals surface area contributed by atoms with Gasteiger partial charge in [0.05, 0.1) is 17.6 Å². The van der Waals surface area contributed by atoms with Gasteiger partial charge in [-0.05, 0) is 61.1 Å². The number of benzene rings is 2. The quantitative estimate of drug-likeness (QED) is 0.656. The molecule has 1 aromatic heterocycles. The van der Waals surface area contributed by atoms with Crippen molar-refractivity contribution in [2.75, 3.05) is 6.61 Å². The second kappa shape index (κ2) is 7.35. The summed E-state index contributed by atoms with van der Waals surface area (Å²) < 4.78 is 8.05. The number of rotatable bonds is 7.